The highest BCUT2D eigenvalue weighted by atomic mass is 35.5. The van der Waals surface area contributed by atoms with Gasteiger partial charge in [0.15, 0.2) is 6.29 Å². The third-order valence-corrected chi connectivity index (χ3v) is 10.5. The molecule has 1 heterocycles. The standard InChI is InChI=1S/C21H27ClO3Si/c1-21(2,3)26(16-10-6-4-7-11-16,17-12-8-5-9-13-17)24-15-19-18(22)14-20(23)25-19/h4-13,18-20,23H,14-15H2,1-3H3/t18-,19-,20+/m1/s1. The van der Waals surface area contributed by atoms with Gasteiger partial charge in [-0.05, 0) is 15.4 Å². The van der Waals surface area contributed by atoms with Crippen LogP contribution in [0.25, 0.3) is 0 Å². The zero-order chi connectivity index (χ0) is 18.8. The summed E-state index contributed by atoms with van der Waals surface area (Å²) in [5.41, 5.74) is 0. The van der Waals surface area contributed by atoms with Crippen LogP contribution in [0.3, 0.4) is 0 Å². The second-order valence-electron chi connectivity index (χ2n) is 7.86. The normalized spacial score (nSPS) is 24.0. The molecule has 0 unspecified atom stereocenters. The van der Waals surface area contributed by atoms with E-state index in [1.54, 1.807) is 0 Å². The Kier molecular flexibility index (Phi) is 5.90. The van der Waals surface area contributed by atoms with Crippen molar-refractivity contribution in [2.75, 3.05) is 6.61 Å². The molecular formula is C21H27ClO3Si. The Morgan fingerprint density at radius 2 is 1.54 bits per heavy atom. The van der Waals surface area contributed by atoms with Crippen molar-refractivity contribution in [1.29, 1.82) is 0 Å². The molecule has 1 fully saturated rings. The van der Waals surface area contributed by atoms with Gasteiger partial charge in [0.05, 0.1) is 18.1 Å². The number of hydrogen-bond acceptors (Lipinski definition) is 3. The molecule has 3 atom stereocenters. The Hall–Kier alpha value is -1.17. The van der Waals surface area contributed by atoms with Gasteiger partial charge >= 0.3 is 0 Å². The number of ether oxygens (including phenoxy) is 1. The van der Waals surface area contributed by atoms with Gasteiger partial charge in [0.2, 0.25) is 0 Å². The molecule has 3 nitrogen and oxygen atoms in total. The first-order valence-electron chi connectivity index (χ1n) is 9.07. The second kappa shape index (κ2) is 7.83. The van der Waals surface area contributed by atoms with Crippen LogP contribution in [-0.2, 0) is 9.16 Å². The third kappa shape index (κ3) is 3.75. The van der Waals surface area contributed by atoms with Crippen LogP contribution >= 0.6 is 11.6 Å². The molecule has 0 saturated carbocycles. The van der Waals surface area contributed by atoms with Gasteiger partial charge in [0.1, 0.15) is 0 Å². The summed E-state index contributed by atoms with van der Waals surface area (Å²) in [6, 6.07) is 21.0. The zero-order valence-electron chi connectivity index (χ0n) is 15.6. The van der Waals surface area contributed by atoms with Gasteiger partial charge in [0, 0.05) is 6.42 Å². The molecule has 1 N–H and O–H groups in total. The molecule has 0 spiro atoms. The predicted molar refractivity (Wildman–Crippen MR) is 109 cm³/mol. The number of aliphatic hydroxyl groups excluding tert-OH is 1. The summed E-state index contributed by atoms with van der Waals surface area (Å²) in [4.78, 5) is 0. The minimum atomic E-state index is -2.59. The SMILES string of the molecule is CC(C)(C)[Si](OC[C@H]1O[C@H](O)C[C@H]1Cl)(c1ccccc1)c1ccccc1. The van der Waals surface area contributed by atoms with E-state index in [2.05, 4.69) is 69.3 Å². The van der Waals surface area contributed by atoms with Gasteiger partial charge in [0.25, 0.3) is 8.32 Å². The van der Waals surface area contributed by atoms with Crippen LogP contribution in [0, 0.1) is 0 Å². The quantitative estimate of drug-likeness (QED) is 0.629. The second-order valence-corrected chi connectivity index (χ2v) is 12.7. The smallest absolute Gasteiger partial charge is 0.261 e. The highest BCUT2D eigenvalue weighted by Crippen LogP contribution is 2.37. The highest BCUT2D eigenvalue weighted by Gasteiger charge is 2.51. The van der Waals surface area contributed by atoms with Crippen molar-refractivity contribution >= 4 is 30.3 Å². The summed E-state index contributed by atoms with van der Waals surface area (Å²) in [7, 11) is -2.59. The van der Waals surface area contributed by atoms with E-state index in [-0.39, 0.29) is 16.5 Å². The molecule has 0 aromatic heterocycles. The number of rotatable bonds is 5. The van der Waals surface area contributed by atoms with Crippen molar-refractivity contribution in [2.45, 2.75) is 50.0 Å². The summed E-state index contributed by atoms with van der Waals surface area (Å²) >= 11 is 6.36. The van der Waals surface area contributed by atoms with Crippen LogP contribution in [0.2, 0.25) is 5.04 Å². The molecule has 5 heteroatoms. The molecule has 2 aromatic carbocycles. The van der Waals surface area contributed by atoms with E-state index in [9.17, 15) is 5.11 Å². The molecule has 3 rings (SSSR count). The molecule has 0 aliphatic carbocycles. The Morgan fingerprint density at radius 1 is 1.04 bits per heavy atom. The molecule has 1 saturated heterocycles. The number of hydrogen-bond donors (Lipinski definition) is 1. The van der Waals surface area contributed by atoms with E-state index in [0.717, 1.165) is 0 Å². The van der Waals surface area contributed by atoms with Gasteiger partial charge in [-0.3, -0.25) is 0 Å². The number of halogens is 1. The lowest BCUT2D eigenvalue weighted by atomic mass is 10.2. The zero-order valence-corrected chi connectivity index (χ0v) is 17.3. The maximum atomic E-state index is 9.74. The molecule has 26 heavy (non-hydrogen) atoms. The number of benzene rings is 2. The number of alkyl halides is 1. The highest BCUT2D eigenvalue weighted by molar-refractivity contribution is 6.99. The Bertz CT molecular complexity index is 663. The summed E-state index contributed by atoms with van der Waals surface area (Å²) in [6.45, 7) is 7.09. The largest absolute Gasteiger partial charge is 0.405 e. The van der Waals surface area contributed by atoms with Crippen LogP contribution in [0.15, 0.2) is 60.7 Å². The average molecular weight is 391 g/mol. The van der Waals surface area contributed by atoms with Crippen molar-refractivity contribution in [3.63, 3.8) is 0 Å². The first kappa shape index (κ1) is 19.6. The molecule has 2 aromatic rings. The van der Waals surface area contributed by atoms with Gasteiger partial charge in [-0.1, -0.05) is 81.4 Å². The van der Waals surface area contributed by atoms with E-state index in [1.165, 1.54) is 10.4 Å². The Morgan fingerprint density at radius 3 is 1.92 bits per heavy atom. The average Bonchev–Trinajstić information content (AvgIpc) is 2.94. The molecule has 0 amide bonds. The maximum Gasteiger partial charge on any atom is 0.261 e. The lowest BCUT2D eigenvalue weighted by Gasteiger charge is -2.43. The Labute approximate surface area is 162 Å². The van der Waals surface area contributed by atoms with E-state index >= 15 is 0 Å². The fourth-order valence-electron chi connectivity index (χ4n) is 3.80. The molecule has 0 bridgehead atoms. The molecular weight excluding hydrogens is 364 g/mol. The van der Waals surface area contributed by atoms with Gasteiger partial charge in [-0.15, -0.1) is 11.6 Å². The molecule has 1 aliphatic rings. The van der Waals surface area contributed by atoms with E-state index in [4.69, 9.17) is 20.8 Å². The van der Waals surface area contributed by atoms with Gasteiger partial charge in [-0.2, -0.15) is 0 Å². The molecule has 0 radical (unpaired) electrons. The van der Waals surface area contributed by atoms with Crippen molar-refractivity contribution in [2.24, 2.45) is 0 Å². The van der Waals surface area contributed by atoms with Crippen LogP contribution in [0.4, 0.5) is 0 Å². The van der Waals surface area contributed by atoms with Crippen LogP contribution in [0.5, 0.6) is 0 Å². The first-order chi connectivity index (χ1) is 12.3. The molecule has 1 aliphatic heterocycles. The van der Waals surface area contributed by atoms with Gasteiger partial charge < -0.3 is 14.3 Å². The van der Waals surface area contributed by atoms with Crippen molar-refractivity contribution < 1.29 is 14.3 Å². The van der Waals surface area contributed by atoms with E-state index in [0.29, 0.717) is 13.0 Å². The number of aliphatic hydroxyl groups is 1. The summed E-state index contributed by atoms with van der Waals surface area (Å²) in [5.74, 6) is 0. The minimum absolute atomic E-state index is 0.0886. The van der Waals surface area contributed by atoms with Crippen LogP contribution < -0.4 is 10.4 Å². The van der Waals surface area contributed by atoms with Crippen molar-refractivity contribution in [3.05, 3.63) is 60.7 Å². The van der Waals surface area contributed by atoms with E-state index < -0.39 is 14.6 Å². The third-order valence-electron chi connectivity index (χ3n) is 5.04. The fourth-order valence-corrected chi connectivity index (χ4v) is 8.65. The predicted octanol–water partition coefficient (Wildman–Crippen LogP) is 3.28. The summed E-state index contributed by atoms with van der Waals surface area (Å²) in [5, 5.41) is 11.9. The summed E-state index contributed by atoms with van der Waals surface area (Å²) in [6.07, 6.45) is -0.658. The van der Waals surface area contributed by atoms with Crippen molar-refractivity contribution in [3.8, 4) is 0 Å². The summed E-state index contributed by atoms with van der Waals surface area (Å²) < 4.78 is 12.4. The van der Waals surface area contributed by atoms with Crippen LogP contribution in [-0.4, -0.2) is 37.8 Å². The Balaban J connectivity index is 2.03. The fraction of sp³-hybridized carbons (Fsp3) is 0.429. The first-order valence-corrected chi connectivity index (χ1v) is 11.4. The van der Waals surface area contributed by atoms with Crippen molar-refractivity contribution in [1.82, 2.24) is 0 Å². The molecule has 140 valence electrons. The van der Waals surface area contributed by atoms with E-state index in [1.807, 2.05) is 12.1 Å². The minimum Gasteiger partial charge on any atom is -0.405 e. The monoisotopic (exact) mass is 390 g/mol. The maximum absolute atomic E-state index is 9.74. The van der Waals surface area contributed by atoms with Gasteiger partial charge in [-0.25, -0.2) is 0 Å². The lowest BCUT2D eigenvalue weighted by Crippen LogP contribution is -2.67. The van der Waals surface area contributed by atoms with Crippen LogP contribution in [0.1, 0.15) is 27.2 Å². The topological polar surface area (TPSA) is 38.7 Å². The lowest BCUT2D eigenvalue weighted by molar-refractivity contribution is -0.0990.